The first kappa shape index (κ1) is 18.0. The molecule has 0 unspecified atom stereocenters. The van der Waals surface area contributed by atoms with Crippen molar-refractivity contribution in [3.63, 3.8) is 0 Å². The Kier molecular flexibility index (Phi) is 4.88. The molecule has 10 heteroatoms. The van der Waals surface area contributed by atoms with Crippen LogP contribution in [0.15, 0.2) is 18.6 Å². The van der Waals surface area contributed by atoms with Crippen LogP contribution in [0.3, 0.4) is 0 Å². The number of aromatic nitrogens is 4. The van der Waals surface area contributed by atoms with Gasteiger partial charge in [-0.05, 0) is 31.1 Å². The molecule has 2 bridgehead atoms. The fourth-order valence-electron chi connectivity index (χ4n) is 4.38. The molecule has 2 aliphatic carbocycles. The summed E-state index contributed by atoms with van der Waals surface area (Å²) in [6, 6.07) is -0.0474. The Morgan fingerprint density at radius 3 is 2.96 bits per heavy atom. The van der Waals surface area contributed by atoms with Gasteiger partial charge in [-0.25, -0.2) is 4.98 Å². The van der Waals surface area contributed by atoms with E-state index in [2.05, 4.69) is 25.7 Å². The van der Waals surface area contributed by atoms with E-state index in [4.69, 9.17) is 22.4 Å². The van der Waals surface area contributed by atoms with E-state index in [1.807, 2.05) is 0 Å². The number of hydrogen-bond acceptors (Lipinski definition) is 7. The lowest BCUT2D eigenvalue weighted by molar-refractivity contribution is -0.123. The maximum atomic E-state index is 11.9. The highest BCUT2D eigenvalue weighted by Gasteiger charge is 2.50. The maximum Gasteiger partial charge on any atom is 0.229 e. The van der Waals surface area contributed by atoms with Crippen LogP contribution in [0.5, 0.6) is 0 Å². The van der Waals surface area contributed by atoms with Crippen LogP contribution < -0.4 is 16.4 Å². The minimum absolute atomic E-state index is 0.0111. The summed E-state index contributed by atoms with van der Waals surface area (Å²) in [5.41, 5.74) is 6.34. The highest BCUT2D eigenvalue weighted by atomic mass is 35.5. The van der Waals surface area contributed by atoms with Gasteiger partial charge in [-0.15, -0.1) is 0 Å². The van der Waals surface area contributed by atoms with Crippen LogP contribution in [0, 0.1) is 17.8 Å². The number of carbonyl (C=O) groups is 1. The molecule has 2 fully saturated rings. The standard InChI is InChI=1S/C17H22ClN7O2/c18-12-7-20-17(22-11-6-21-25(8-11)3-4-26)24-16(12)23-14-10-2-1-9(5-10)13(14)15(19)27/h6-10,13-14,26H,1-5H2,(H2,19,27)(H2,20,22,23,24)/t9-,10+,13+,14-/m0/s1. The summed E-state index contributed by atoms with van der Waals surface area (Å²) < 4.78 is 1.62. The van der Waals surface area contributed by atoms with E-state index >= 15 is 0 Å². The van der Waals surface area contributed by atoms with Gasteiger partial charge in [0.2, 0.25) is 11.9 Å². The Morgan fingerprint density at radius 1 is 1.37 bits per heavy atom. The molecule has 1 amide bonds. The Bertz CT molecular complexity index is 842. The third kappa shape index (κ3) is 3.57. The van der Waals surface area contributed by atoms with Gasteiger partial charge in [0, 0.05) is 12.2 Å². The topological polar surface area (TPSA) is 131 Å². The summed E-state index contributed by atoms with van der Waals surface area (Å²) in [5, 5.41) is 19.9. The lowest BCUT2D eigenvalue weighted by atomic mass is 9.84. The lowest BCUT2D eigenvalue weighted by Crippen LogP contribution is -2.42. The van der Waals surface area contributed by atoms with Crippen molar-refractivity contribution in [2.75, 3.05) is 17.2 Å². The van der Waals surface area contributed by atoms with Gasteiger partial charge in [-0.2, -0.15) is 10.1 Å². The number of nitrogens with zero attached hydrogens (tertiary/aromatic N) is 4. The Morgan fingerprint density at radius 2 is 2.19 bits per heavy atom. The molecule has 5 N–H and O–H groups in total. The first-order valence-corrected chi connectivity index (χ1v) is 9.41. The number of nitrogens with one attached hydrogen (secondary N) is 2. The maximum absolute atomic E-state index is 11.9. The van der Waals surface area contributed by atoms with Crippen molar-refractivity contribution in [2.24, 2.45) is 23.5 Å². The molecule has 0 saturated heterocycles. The van der Waals surface area contributed by atoms with E-state index < -0.39 is 0 Å². The number of anilines is 3. The fourth-order valence-corrected chi connectivity index (χ4v) is 4.52. The average Bonchev–Trinajstić information content (AvgIpc) is 3.34. The zero-order valence-corrected chi connectivity index (χ0v) is 15.4. The van der Waals surface area contributed by atoms with Gasteiger partial charge in [-0.1, -0.05) is 11.6 Å². The van der Waals surface area contributed by atoms with Crippen LogP contribution >= 0.6 is 11.6 Å². The largest absolute Gasteiger partial charge is 0.394 e. The highest BCUT2D eigenvalue weighted by molar-refractivity contribution is 6.32. The smallest absolute Gasteiger partial charge is 0.229 e. The second-order valence-electron chi connectivity index (χ2n) is 7.16. The average molecular weight is 392 g/mol. The third-order valence-electron chi connectivity index (χ3n) is 5.51. The number of rotatable bonds is 7. The Hall–Kier alpha value is -2.39. The molecule has 2 aliphatic rings. The van der Waals surface area contributed by atoms with Gasteiger partial charge >= 0.3 is 0 Å². The summed E-state index contributed by atoms with van der Waals surface area (Å²) in [4.78, 5) is 20.6. The number of aliphatic hydroxyl groups excluding tert-OH is 1. The van der Waals surface area contributed by atoms with Crippen molar-refractivity contribution in [3.8, 4) is 0 Å². The van der Waals surface area contributed by atoms with Gasteiger partial charge in [0.05, 0.1) is 37.2 Å². The molecule has 0 spiro atoms. The van der Waals surface area contributed by atoms with E-state index in [0.717, 1.165) is 19.3 Å². The Labute approximate surface area is 161 Å². The number of amides is 1. The molecular formula is C17H22ClN7O2. The van der Waals surface area contributed by atoms with Crippen LogP contribution in [0.4, 0.5) is 17.5 Å². The molecule has 0 radical (unpaired) electrons. The van der Waals surface area contributed by atoms with Gasteiger partial charge in [0.1, 0.15) is 5.02 Å². The first-order chi connectivity index (χ1) is 13.0. The lowest BCUT2D eigenvalue weighted by Gasteiger charge is -2.30. The number of fused-ring (bicyclic) bond motifs is 2. The molecular weight excluding hydrogens is 370 g/mol. The second-order valence-corrected chi connectivity index (χ2v) is 7.57. The molecule has 4 atom stereocenters. The molecule has 0 aromatic carbocycles. The molecule has 2 saturated carbocycles. The molecule has 2 heterocycles. The van der Waals surface area contributed by atoms with E-state index in [9.17, 15) is 4.79 Å². The van der Waals surface area contributed by atoms with Crippen LogP contribution in [-0.2, 0) is 11.3 Å². The number of aliphatic hydroxyl groups is 1. The molecule has 144 valence electrons. The van der Waals surface area contributed by atoms with E-state index in [1.165, 1.54) is 6.20 Å². The number of primary amides is 1. The predicted octanol–water partition coefficient (Wildman–Crippen LogP) is 1.37. The number of carbonyl (C=O) groups excluding carboxylic acids is 1. The van der Waals surface area contributed by atoms with E-state index in [0.29, 0.717) is 40.9 Å². The third-order valence-corrected chi connectivity index (χ3v) is 5.79. The van der Waals surface area contributed by atoms with Crippen molar-refractivity contribution < 1.29 is 9.90 Å². The Balaban J connectivity index is 1.51. The van der Waals surface area contributed by atoms with Crippen LogP contribution in [0.25, 0.3) is 0 Å². The molecule has 0 aliphatic heterocycles. The van der Waals surface area contributed by atoms with E-state index in [-0.39, 0.29) is 24.5 Å². The van der Waals surface area contributed by atoms with Crippen LogP contribution in [0.1, 0.15) is 19.3 Å². The summed E-state index contributed by atoms with van der Waals surface area (Å²) in [5.74, 6) is 1.15. The summed E-state index contributed by atoms with van der Waals surface area (Å²) >= 11 is 6.28. The van der Waals surface area contributed by atoms with Crippen molar-refractivity contribution >= 4 is 35.0 Å². The van der Waals surface area contributed by atoms with Crippen molar-refractivity contribution in [2.45, 2.75) is 31.8 Å². The first-order valence-electron chi connectivity index (χ1n) is 9.04. The van der Waals surface area contributed by atoms with Crippen molar-refractivity contribution in [1.29, 1.82) is 0 Å². The minimum atomic E-state index is -0.264. The number of hydrogen-bond donors (Lipinski definition) is 4. The summed E-state index contributed by atoms with van der Waals surface area (Å²) in [6.07, 6.45) is 8.05. The highest BCUT2D eigenvalue weighted by Crippen LogP contribution is 2.49. The number of nitrogens with two attached hydrogens (primary N) is 1. The van der Waals surface area contributed by atoms with Crippen molar-refractivity contribution in [3.05, 3.63) is 23.6 Å². The second kappa shape index (κ2) is 7.32. The minimum Gasteiger partial charge on any atom is -0.394 e. The van der Waals surface area contributed by atoms with Crippen molar-refractivity contribution in [1.82, 2.24) is 19.7 Å². The van der Waals surface area contributed by atoms with Gasteiger partial charge in [-0.3, -0.25) is 9.48 Å². The molecule has 4 rings (SSSR count). The normalized spacial score (nSPS) is 26.3. The van der Waals surface area contributed by atoms with Gasteiger partial charge in [0.25, 0.3) is 0 Å². The molecule has 2 aromatic heterocycles. The molecule has 2 aromatic rings. The van der Waals surface area contributed by atoms with Gasteiger partial charge in [0.15, 0.2) is 5.82 Å². The predicted molar refractivity (Wildman–Crippen MR) is 101 cm³/mol. The fraction of sp³-hybridized carbons (Fsp3) is 0.529. The van der Waals surface area contributed by atoms with Crippen LogP contribution in [0.2, 0.25) is 5.02 Å². The molecule has 27 heavy (non-hydrogen) atoms. The SMILES string of the molecule is NC(=O)[C@@H]1[C@H]2CC[C@H](C2)[C@@H]1Nc1nc(Nc2cnn(CCO)c2)ncc1Cl. The zero-order chi connectivity index (χ0) is 19.0. The monoisotopic (exact) mass is 391 g/mol. The quantitative estimate of drug-likeness (QED) is 0.560. The van der Waals surface area contributed by atoms with E-state index in [1.54, 1.807) is 17.1 Å². The summed E-state index contributed by atoms with van der Waals surface area (Å²) in [7, 11) is 0. The molecule has 9 nitrogen and oxygen atoms in total. The van der Waals surface area contributed by atoms with Crippen LogP contribution in [-0.4, -0.2) is 43.4 Å². The van der Waals surface area contributed by atoms with Gasteiger partial charge < -0.3 is 21.5 Å². The summed E-state index contributed by atoms with van der Waals surface area (Å²) in [6.45, 7) is 0.423. The zero-order valence-electron chi connectivity index (χ0n) is 14.7. The number of halogens is 1.